The highest BCUT2D eigenvalue weighted by molar-refractivity contribution is 9.10. The van der Waals surface area contributed by atoms with Crippen LogP contribution in [0.3, 0.4) is 0 Å². The zero-order chi connectivity index (χ0) is 17.1. The van der Waals surface area contributed by atoms with Crippen LogP contribution in [0.25, 0.3) is 0 Å². The van der Waals surface area contributed by atoms with Crippen molar-refractivity contribution in [1.82, 2.24) is 0 Å². The highest BCUT2D eigenvalue weighted by atomic mass is 79.9. The zero-order valence-electron chi connectivity index (χ0n) is 14.0. The van der Waals surface area contributed by atoms with E-state index in [1.165, 1.54) is 5.56 Å². The van der Waals surface area contributed by atoms with Crippen LogP contribution in [0.1, 0.15) is 31.4 Å². The third-order valence-corrected chi connectivity index (χ3v) is 5.01. The molecule has 1 atom stereocenters. The van der Waals surface area contributed by atoms with E-state index in [0.717, 1.165) is 28.6 Å². The number of hydrogen-bond donors (Lipinski definition) is 0. The Balaban J connectivity index is 1.84. The highest BCUT2D eigenvalue weighted by Gasteiger charge is 2.34. The maximum absolute atomic E-state index is 12.8. The van der Waals surface area contributed by atoms with Gasteiger partial charge < -0.3 is 4.74 Å². The van der Waals surface area contributed by atoms with Crippen molar-refractivity contribution in [2.45, 2.75) is 39.3 Å². The molecule has 0 saturated heterocycles. The number of anilines is 1. The lowest BCUT2D eigenvalue weighted by atomic mass is 9.90. The van der Waals surface area contributed by atoms with E-state index in [0.29, 0.717) is 12.5 Å². The molecule has 3 rings (SSSR count). The van der Waals surface area contributed by atoms with Crippen molar-refractivity contribution < 1.29 is 9.53 Å². The van der Waals surface area contributed by atoms with Gasteiger partial charge in [0.05, 0.1) is 5.69 Å². The van der Waals surface area contributed by atoms with Crippen molar-refractivity contribution >= 4 is 27.7 Å². The Morgan fingerprint density at radius 2 is 2.00 bits per heavy atom. The first-order valence-corrected chi connectivity index (χ1v) is 9.14. The standard InChI is InChI=1S/C20H22BrNO2/c1-14(2)18-11-9-16-8-10-17(21)12-19(16)22(18)20(23)24-13-15-6-4-3-5-7-15/h3-8,10,12,14,18H,9,11,13H2,1-2H3. The van der Waals surface area contributed by atoms with Crippen LogP contribution in [0.2, 0.25) is 0 Å². The van der Waals surface area contributed by atoms with Gasteiger partial charge in [-0.3, -0.25) is 4.90 Å². The van der Waals surface area contributed by atoms with Crippen molar-refractivity contribution in [3.05, 3.63) is 64.1 Å². The van der Waals surface area contributed by atoms with Gasteiger partial charge in [-0.1, -0.05) is 66.2 Å². The van der Waals surface area contributed by atoms with Crippen molar-refractivity contribution in [3.63, 3.8) is 0 Å². The lowest BCUT2D eigenvalue weighted by molar-refractivity contribution is 0.141. The summed E-state index contributed by atoms with van der Waals surface area (Å²) in [4.78, 5) is 14.7. The molecule has 1 unspecified atom stereocenters. The fourth-order valence-corrected chi connectivity index (χ4v) is 3.59. The smallest absolute Gasteiger partial charge is 0.414 e. The molecule has 126 valence electrons. The summed E-state index contributed by atoms with van der Waals surface area (Å²) < 4.78 is 6.59. The Kier molecular flexibility index (Phi) is 5.24. The van der Waals surface area contributed by atoms with E-state index < -0.39 is 0 Å². The van der Waals surface area contributed by atoms with Crippen LogP contribution in [0.15, 0.2) is 53.0 Å². The van der Waals surface area contributed by atoms with Crippen molar-refractivity contribution in [3.8, 4) is 0 Å². The van der Waals surface area contributed by atoms with Crippen LogP contribution in [-0.2, 0) is 17.8 Å². The number of carbonyl (C=O) groups excluding carboxylic acids is 1. The number of hydrogen-bond acceptors (Lipinski definition) is 2. The molecule has 0 saturated carbocycles. The second kappa shape index (κ2) is 7.39. The summed E-state index contributed by atoms with van der Waals surface area (Å²) in [6.45, 7) is 4.61. The average molecular weight is 388 g/mol. The van der Waals surface area contributed by atoms with Gasteiger partial charge in [-0.2, -0.15) is 0 Å². The first-order valence-electron chi connectivity index (χ1n) is 8.34. The summed E-state index contributed by atoms with van der Waals surface area (Å²) in [5.74, 6) is 0.376. The molecule has 24 heavy (non-hydrogen) atoms. The van der Waals surface area contributed by atoms with Crippen LogP contribution >= 0.6 is 15.9 Å². The Morgan fingerprint density at radius 1 is 1.25 bits per heavy atom. The lowest BCUT2D eigenvalue weighted by Crippen LogP contribution is -2.46. The van der Waals surface area contributed by atoms with E-state index in [2.05, 4.69) is 35.8 Å². The molecule has 1 heterocycles. The molecule has 2 aromatic carbocycles. The summed E-state index contributed by atoms with van der Waals surface area (Å²) in [5.41, 5.74) is 3.16. The Morgan fingerprint density at radius 3 is 2.71 bits per heavy atom. The first kappa shape index (κ1) is 17.0. The minimum atomic E-state index is -0.267. The van der Waals surface area contributed by atoms with E-state index >= 15 is 0 Å². The molecule has 0 radical (unpaired) electrons. The van der Waals surface area contributed by atoms with E-state index in [1.807, 2.05) is 47.4 Å². The highest BCUT2D eigenvalue weighted by Crippen LogP contribution is 2.36. The van der Waals surface area contributed by atoms with Crippen molar-refractivity contribution in [2.24, 2.45) is 5.92 Å². The second-order valence-corrected chi connectivity index (χ2v) is 7.45. The van der Waals surface area contributed by atoms with Gasteiger partial charge in [0.25, 0.3) is 0 Å². The van der Waals surface area contributed by atoms with Gasteiger partial charge in [0.15, 0.2) is 0 Å². The molecular weight excluding hydrogens is 366 g/mol. The van der Waals surface area contributed by atoms with Gasteiger partial charge in [-0.25, -0.2) is 4.79 Å². The van der Waals surface area contributed by atoms with Crippen molar-refractivity contribution in [2.75, 3.05) is 4.90 Å². The quantitative estimate of drug-likeness (QED) is 0.689. The van der Waals surface area contributed by atoms with Crippen molar-refractivity contribution in [1.29, 1.82) is 0 Å². The topological polar surface area (TPSA) is 29.5 Å². The Bertz CT molecular complexity index is 715. The Hall–Kier alpha value is -1.81. The largest absolute Gasteiger partial charge is 0.444 e. The molecule has 0 bridgehead atoms. The molecule has 2 aromatic rings. The molecule has 1 aliphatic rings. The third-order valence-electron chi connectivity index (χ3n) is 4.52. The first-order chi connectivity index (χ1) is 11.6. The molecule has 1 aliphatic heterocycles. The fraction of sp³-hybridized carbons (Fsp3) is 0.350. The summed E-state index contributed by atoms with van der Waals surface area (Å²) in [6.07, 6.45) is 1.69. The number of fused-ring (bicyclic) bond motifs is 1. The monoisotopic (exact) mass is 387 g/mol. The number of aryl methyl sites for hydroxylation is 1. The normalized spacial score (nSPS) is 16.8. The number of amides is 1. The number of nitrogens with zero attached hydrogens (tertiary/aromatic N) is 1. The van der Waals surface area contributed by atoms with Crippen LogP contribution < -0.4 is 4.90 Å². The molecule has 4 heteroatoms. The van der Waals surface area contributed by atoms with Crippen LogP contribution in [0.4, 0.5) is 10.5 Å². The minimum absolute atomic E-state index is 0.162. The summed E-state index contributed by atoms with van der Waals surface area (Å²) in [5, 5.41) is 0. The summed E-state index contributed by atoms with van der Waals surface area (Å²) >= 11 is 3.52. The van der Waals surface area contributed by atoms with Gasteiger partial charge in [-0.05, 0) is 42.0 Å². The molecule has 0 fully saturated rings. The number of rotatable bonds is 3. The van der Waals surface area contributed by atoms with Crippen LogP contribution in [0, 0.1) is 5.92 Å². The second-order valence-electron chi connectivity index (χ2n) is 6.53. The van der Waals surface area contributed by atoms with Gasteiger partial charge in [-0.15, -0.1) is 0 Å². The minimum Gasteiger partial charge on any atom is -0.444 e. The maximum Gasteiger partial charge on any atom is 0.414 e. The lowest BCUT2D eigenvalue weighted by Gasteiger charge is -2.38. The SMILES string of the molecule is CC(C)C1CCc2ccc(Br)cc2N1C(=O)OCc1ccccc1. The third kappa shape index (κ3) is 3.64. The maximum atomic E-state index is 12.8. The Labute approximate surface area is 151 Å². The number of halogens is 1. The van der Waals surface area contributed by atoms with Crippen LogP contribution in [0.5, 0.6) is 0 Å². The van der Waals surface area contributed by atoms with Gasteiger partial charge in [0, 0.05) is 10.5 Å². The number of ether oxygens (including phenoxy) is 1. The molecule has 3 nitrogen and oxygen atoms in total. The summed E-state index contributed by atoms with van der Waals surface area (Å²) in [6, 6.07) is 16.1. The number of carbonyl (C=O) groups is 1. The molecular formula is C20H22BrNO2. The van der Waals surface area contributed by atoms with Gasteiger partial charge in [0.2, 0.25) is 0 Å². The van der Waals surface area contributed by atoms with Gasteiger partial charge >= 0.3 is 6.09 Å². The molecule has 0 N–H and O–H groups in total. The number of benzene rings is 2. The predicted octanol–water partition coefficient (Wildman–Crippen LogP) is 5.56. The van der Waals surface area contributed by atoms with E-state index in [1.54, 1.807) is 0 Å². The average Bonchev–Trinajstić information content (AvgIpc) is 2.59. The predicted molar refractivity (Wildman–Crippen MR) is 100 cm³/mol. The van der Waals surface area contributed by atoms with E-state index in [9.17, 15) is 4.79 Å². The molecule has 0 aromatic heterocycles. The zero-order valence-corrected chi connectivity index (χ0v) is 15.6. The summed E-state index contributed by atoms with van der Waals surface area (Å²) in [7, 11) is 0. The molecule has 0 aliphatic carbocycles. The van der Waals surface area contributed by atoms with Gasteiger partial charge in [0.1, 0.15) is 6.61 Å². The van der Waals surface area contributed by atoms with E-state index in [-0.39, 0.29) is 12.1 Å². The molecule has 1 amide bonds. The van der Waals surface area contributed by atoms with Crippen LogP contribution in [-0.4, -0.2) is 12.1 Å². The fourth-order valence-electron chi connectivity index (χ4n) is 3.24. The molecule has 0 spiro atoms. The van der Waals surface area contributed by atoms with E-state index in [4.69, 9.17) is 4.74 Å².